The van der Waals surface area contributed by atoms with Gasteiger partial charge in [0.2, 0.25) is 0 Å². The molecule has 0 unspecified atom stereocenters. The summed E-state index contributed by atoms with van der Waals surface area (Å²) in [6.07, 6.45) is 5.62. The second kappa shape index (κ2) is 4.56. The van der Waals surface area contributed by atoms with E-state index in [1.54, 1.807) is 0 Å². The molecule has 0 amide bonds. The van der Waals surface area contributed by atoms with Crippen LogP contribution in [0.5, 0.6) is 0 Å². The maximum atomic E-state index is 2.39. The molecule has 0 radical (unpaired) electrons. The zero-order valence-electron chi connectivity index (χ0n) is 10.3. The molecule has 2 rings (SSSR count). The van der Waals surface area contributed by atoms with E-state index in [-0.39, 0.29) is 0 Å². The van der Waals surface area contributed by atoms with Gasteiger partial charge in [0, 0.05) is 28.0 Å². The van der Waals surface area contributed by atoms with Gasteiger partial charge in [-0.3, -0.25) is 0 Å². The first kappa shape index (κ1) is 11.0. The lowest BCUT2D eigenvalue weighted by atomic mass is 10.2. The average molecular weight is 213 g/mol. The van der Waals surface area contributed by atoms with Crippen molar-refractivity contribution < 1.29 is 0 Å². The van der Waals surface area contributed by atoms with Crippen molar-refractivity contribution in [3.63, 3.8) is 0 Å². The lowest BCUT2D eigenvalue weighted by Crippen LogP contribution is -2.28. The van der Waals surface area contributed by atoms with E-state index in [0.29, 0.717) is 0 Å². The average Bonchev–Trinajstić information content (AvgIpc) is 2.63. The van der Waals surface area contributed by atoms with E-state index in [1.165, 1.54) is 21.5 Å². The molecule has 1 aromatic heterocycles. The molecule has 2 aromatic rings. The first-order valence-electron chi connectivity index (χ1n) is 6.07. The predicted octanol–water partition coefficient (Wildman–Crippen LogP) is 2.65. The van der Waals surface area contributed by atoms with Gasteiger partial charge in [0.05, 0.1) is 0 Å². The summed E-state index contributed by atoms with van der Waals surface area (Å²) < 4.78 is 2.39. The van der Waals surface area contributed by atoms with Crippen LogP contribution in [-0.2, 0) is 6.54 Å². The van der Waals surface area contributed by atoms with Gasteiger partial charge in [-0.25, -0.2) is 0 Å². The van der Waals surface area contributed by atoms with Gasteiger partial charge in [0.15, 0.2) is 0 Å². The van der Waals surface area contributed by atoms with Crippen LogP contribution < -0.4 is 10.6 Å². The minimum Gasteiger partial charge on any atom is -0.341 e. The standard InChI is InChI=1S/C15H19N/c1-4-9-12-13-10-7-8-11-15(13)16(6-3)14(12)5-2/h5,7-11H,4,6H2,1-3H3/b12-9-,14-5+. The normalized spacial score (nSPS) is 13.9. The lowest BCUT2D eigenvalue weighted by molar-refractivity contribution is 0.770. The Morgan fingerprint density at radius 1 is 1.19 bits per heavy atom. The fraction of sp³-hybridized carbons (Fsp3) is 0.333. The van der Waals surface area contributed by atoms with Crippen molar-refractivity contribution in [1.82, 2.24) is 4.57 Å². The maximum Gasteiger partial charge on any atom is 0.0491 e. The van der Waals surface area contributed by atoms with E-state index in [4.69, 9.17) is 0 Å². The molecule has 0 saturated heterocycles. The van der Waals surface area contributed by atoms with E-state index in [2.05, 4.69) is 61.8 Å². The van der Waals surface area contributed by atoms with Crippen molar-refractivity contribution in [2.24, 2.45) is 0 Å². The number of fused-ring (bicyclic) bond motifs is 1. The van der Waals surface area contributed by atoms with Crippen molar-refractivity contribution in [3.8, 4) is 0 Å². The SMILES string of the molecule is C/C=c1\c(=C/CC)c2ccccc2n1CC. The number of para-hydroxylation sites is 1. The van der Waals surface area contributed by atoms with Crippen LogP contribution >= 0.6 is 0 Å². The monoisotopic (exact) mass is 213 g/mol. The van der Waals surface area contributed by atoms with Gasteiger partial charge in [0.25, 0.3) is 0 Å². The third-order valence-electron chi connectivity index (χ3n) is 3.05. The van der Waals surface area contributed by atoms with Crippen molar-refractivity contribution in [2.75, 3.05) is 0 Å². The molecule has 1 heterocycles. The second-order valence-electron chi connectivity index (χ2n) is 3.96. The number of hydrogen-bond donors (Lipinski definition) is 0. The van der Waals surface area contributed by atoms with E-state index in [9.17, 15) is 0 Å². The molecular formula is C15H19N. The van der Waals surface area contributed by atoms with Crippen molar-refractivity contribution in [3.05, 3.63) is 34.8 Å². The van der Waals surface area contributed by atoms with Gasteiger partial charge >= 0.3 is 0 Å². The van der Waals surface area contributed by atoms with E-state index >= 15 is 0 Å². The van der Waals surface area contributed by atoms with E-state index in [0.717, 1.165) is 13.0 Å². The maximum absolute atomic E-state index is 2.39. The van der Waals surface area contributed by atoms with Crippen LogP contribution in [0.1, 0.15) is 27.2 Å². The molecule has 0 aliphatic heterocycles. The molecule has 1 aromatic carbocycles. The summed E-state index contributed by atoms with van der Waals surface area (Å²) in [6, 6.07) is 8.66. The third-order valence-corrected chi connectivity index (χ3v) is 3.05. The van der Waals surface area contributed by atoms with Crippen molar-refractivity contribution in [2.45, 2.75) is 33.7 Å². The Kier molecular flexibility index (Phi) is 3.14. The van der Waals surface area contributed by atoms with Gasteiger partial charge in [-0.05, 0) is 26.3 Å². The molecule has 1 nitrogen and oxygen atoms in total. The van der Waals surface area contributed by atoms with Gasteiger partial charge in [0.1, 0.15) is 0 Å². The Morgan fingerprint density at radius 3 is 2.56 bits per heavy atom. The van der Waals surface area contributed by atoms with Crippen LogP contribution in [0.25, 0.3) is 23.1 Å². The van der Waals surface area contributed by atoms with Gasteiger partial charge in [-0.2, -0.15) is 0 Å². The Balaban J connectivity index is 3.03. The molecular weight excluding hydrogens is 194 g/mol. The van der Waals surface area contributed by atoms with E-state index < -0.39 is 0 Å². The van der Waals surface area contributed by atoms with Gasteiger partial charge < -0.3 is 4.57 Å². The first-order valence-corrected chi connectivity index (χ1v) is 6.07. The smallest absolute Gasteiger partial charge is 0.0491 e. The Bertz CT molecular complexity index is 602. The summed E-state index contributed by atoms with van der Waals surface area (Å²) in [5, 5.41) is 4.12. The minimum atomic E-state index is 1.03. The van der Waals surface area contributed by atoms with Crippen LogP contribution in [0.2, 0.25) is 0 Å². The Morgan fingerprint density at radius 2 is 1.94 bits per heavy atom. The molecule has 0 aliphatic carbocycles. The summed E-state index contributed by atoms with van der Waals surface area (Å²) in [7, 11) is 0. The molecule has 0 atom stereocenters. The summed E-state index contributed by atoms with van der Waals surface area (Å²) in [4.78, 5) is 0. The lowest BCUT2D eigenvalue weighted by Gasteiger charge is -2.00. The highest BCUT2D eigenvalue weighted by atomic mass is 15.0. The topological polar surface area (TPSA) is 4.93 Å². The van der Waals surface area contributed by atoms with Crippen LogP contribution in [0, 0.1) is 0 Å². The quantitative estimate of drug-likeness (QED) is 0.723. The van der Waals surface area contributed by atoms with Crippen LogP contribution in [0.3, 0.4) is 0 Å². The number of aryl methyl sites for hydroxylation is 1. The third kappa shape index (κ3) is 1.57. The number of rotatable bonds is 2. The highest BCUT2D eigenvalue weighted by Gasteiger charge is 2.03. The molecule has 0 spiro atoms. The predicted molar refractivity (Wildman–Crippen MR) is 71.8 cm³/mol. The number of hydrogen-bond acceptors (Lipinski definition) is 0. The molecule has 84 valence electrons. The zero-order chi connectivity index (χ0) is 11.5. The van der Waals surface area contributed by atoms with Gasteiger partial charge in [-0.1, -0.05) is 37.3 Å². The van der Waals surface area contributed by atoms with Crippen molar-refractivity contribution in [1.29, 1.82) is 0 Å². The summed E-state index contributed by atoms with van der Waals surface area (Å²) in [5.74, 6) is 0. The summed E-state index contributed by atoms with van der Waals surface area (Å²) >= 11 is 0. The highest BCUT2D eigenvalue weighted by Crippen LogP contribution is 2.08. The van der Waals surface area contributed by atoms with Crippen LogP contribution in [0.15, 0.2) is 24.3 Å². The highest BCUT2D eigenvalue weighted by molar-refractivity contribution is 5.82. The molecule has 0 bridgehead atoms. The largest absolute Gasteiger partial charge is 0.341 e. The molecule has 0 aliphatic rings. The molecule has 16 heavy (non-hydrogen) atoms. The summed E-state index contributed by atoms with van der Waals surface area (Å²) in [5.41, 5.74) is 1.35. The molecule has 0 N–H and O–H groups in total. The van der Waals surface area contributed by atoms with Crippen LogP contribution in [-0.4, -0.2) is 4.57 Å². The fourth-order valence-electron chi connectivity index (χ4n) is 2.42. The number of nitrogens with zero attached hydrogens (tertiary/aromatic N) is 1. The summed E-state index contributed by atoms with van der Waals surface area (Å²) in [6.45, 7) is 7.54. The molecule has 1 heteroatoms. The van der Waals surface area contributed by atoms with Crippen LogP contribution in [0.4, 0.5) is 0 Å². The molecule has 0 fully saturated rings. The van der Waals surface area contributed by atoms with E-state index in [1.807, 2.05) is 0 Å². The first-order chi connectivity index (χ1) is 7.83. The fourth-order valence-corrected chi connectivity index (χ4v) is 2.42. The number of benzene rings is 1. The minimum absolute atomic E-state index is 1.03. The Hall–Kier alpha value is -1.50. The Labute approximate surface area is 96.7 Å². The zero-order valence-corrected chi connectivity index (χ0v) is 10.3. The van der Waals surface area contributed by atoms with Gasteiger partial charge in [-0.15, -0.1) is 0 Å². The number of aromatic nitrogens is 1. The van der Waals surface area contributed by atoms with Crippen molar-refractivity contribution >= 4 is 23.1 Å². The second-order valence-corrected chi connectivity index (χ2v) is 3.96. The molecule has 0 saturated carbocycles.